The second-order valence-electron chi connectivity index (χ2n) is 10.7. The first-order chi connectivity index (χ1) is 17.9. The van der Waals surface area contributed by atoms with Crippen molar-refractivity contribution in [3.8, 4) is 5.75 Å². The Bertz CT molecular complexity index is 971. The Balaban J connectivity index is 1.27. The van der Waals surface area contributed by atoms with Gasteiger partial charge in [-0.15, -0.1) is 0 Å². The summed E-state index contributed by atoms with van der Waals surface area (Å²) in [5.41, 5.74) is 2.08. The maximum absolute atomic E-state index is 13.2. The van der Waals surface area contributed by atoms with Crippen LogP contribution in [0.2, 0.25) is 0 Å². The van der Waals surface area contributed by atoms with E-state index in [4.69, 9.17) is 9.47 Å². The van der Waals surface area contributed by atoms with E-state index in [1.165, 1.54) is 0 Å². The Kier molecular flexibility index (Phi) is 9.53. The normalized spacial score (nSPS) is 28.2. The summed E-state index contributed by atoms with van der Waals surface area (Å²) < 4.78 is 38.0. The molecular formula is C29H38F2O6. The Hall–Kier alpha value is -2.10. The van der Waals surface area contributed by atoms with Crippen LogP contribution >= 0.6 is 0 Å². The molecule has 2 fully saturated rings. The van der Waals surface area contributed by atoms with E-state index in [1.807, 2.05) is 42.5 Å². The lowest BCUT2D eigenvalue weighted by Gasteiger charge is -2.40. The van der Waals surface area contributed by atoms with Crippen molar-refractivity contribution in [1.82, 2.24) is 0 Å². The second-order valence-corrected chi connectivity index (χ2v) is 10.7. The van der Waals surface area contributed by atoms with Gasteiger partial charge in [0.2, 0.25) is 0 Å². The minimum atomic E-state index is -1.41. The maximum atomic E-state index is 13.2. The van der Waals surface area contributed by atoms with E-state index in [1.54, 1.807) is 6.07 Å². The quantitative estimate of drug-likeness (QED) is 0.383. The van der Waals surface area contributed by atoms with Gasteiger partial charge in [0.25, 0.3) is 0 Å². The lowest BCUT2D eigenvalue weighted by Crippen LogP contribution is -2.55. The smallest absolute Gasteiger partial charge is 0.119 e. The van der Waals surface area contributed by atoms with Gasteiger partial charge in [0.05, 0.1) is 26.6 Å². The average molecular weight is 521 g/mol. The van der Waals surface area contributed by atoms with Crippen molar-refractivity contribution in [3.05, 3.63) is 65.2 Å². The highest BCUT2D eigenvalue weighted by Crippen LogP contribution is 2.40. The van der Waals surface area contributed by atoms with Crippen molar-refractivity contribution < 1.29 is 38.7 Å². The number of hydrogen-bond donors (Lipinski definition) is 4. The van der Waals surface area contributed by atoms with E-state index in [2.05, 4.69) is 0 Å². The third kappa shape index (κ3) is 6.67. The first-order valence-electron chi connectivity index (χ1n) is 13.1. The fourth-order valence-electron chi connectivity index (χ4n) is 5.32. The molecule has 37 heavy (non-hydrogen) atoms. The molecule has 1 saturated carbocycles. The standard InChI is InChI=1S/C29H38F2O6/c30-17-29(18-31)12-10-21(11-13-29)16-36-23-8-6-19(7-9-23)4-5-20-2-1-3-22(14-20)28-27(35)26(34)25(33)24(15-32)37-28/h1-3,6-9,14,21,24-28,32-35H,4-5,10-13,15-18H2/t24-,25-,26+,27-,28+/m1/s1. The van der Waals surface area contributed by atoms with Crippen molar-refractivity contribution in [2.75, 3.05) is 26.6 Å². The van der Waals surface area contributed by atoms with E-state index in [9.17, 15) is 29.2 Å². The first-order valence-corrected chi connectivity index (χ1v) is 13.1. The molecule has 204 valence electrons. The van der Waals surface area contributed by atoms with Crippen molar-refractivity contribution in [1.29, 1.82) is 0 Å². The number of ether oxygens (including phenoxy) is 2. The van der Waals surface area contributed by atoms with Crippen LogP contribution in [-0.2, 0) is 17.6 Å². The Morgan fingerprint density at radius 1 is 0.865 bits per heavy atom. The molecule has 0 unspecified atom stereocenters. The lowest BCUT2D eigenvalue weighted by molar-refractivity contribution is -0.231. The van der Waals surface area contributed by atoms with Crippen molar-refractivity contribution in [2.24, 2.45) is 11.3 Å². The van der Waals surface area contributed by atoms with Gasteiger partial charge < -0.3 is 29.9 Å². The summed E-state index contributed by atoms with van der Waals surface area (Å²) in [6.07, 6.45) is -1.62. The number of benzene rings is 2. The van der Waals surface area contributed by atoms with Crippen molar-refractivity contribution >= 4 is 0 Å². The molecule has 0 aromatic heterocycles. The van der Waals surface area contributed by atoms with Gasteiger partial charge in [-0.25, -0.2) is 0 Å². The molecule has 4 rings (SSSR count). The summed E-state index contributed by atoms with van der Waals surface area (Å²) in [4.78, 5) is 0. The molecule has 2 aliphatic rings. The number of alkyl halides is 2. The predicted octanol–water partition coefficient (Wildman–Crippen LogP) is 3.48. The minimum Gasteiger partial charge on any atom is -0.493 e. The summed E-state index contributed by atoms with van der Waals surface area (Å²) in [6, 6.07) is 15.5. The van der Waals surface area contributed by atoms with Crippen LogP contribution in [0.3, 0.4) is 0 Å². The fraction of sp³-hybridized carbons (Fsp3) is 0.586. The molecule has 1 saturated heterocycles. The zero-order valence-electron chi connectivity index (χ0n) is 21.0. The Morgan fingerprint density at radius 2 is 1.54 bits per heavy atom. The molecule has 0 radical (unpaired) electrons. The topological polar surface area (TPSA) is 99.4 Å². The van der Waals surface area contributed by atoms with E-state index in [-0.39, 0.29) is 0 Å². The van der Waals surface area contributed by atoms with Crippen LogP contribution in [-0.4, -0.2) is 71.4 Å². The number of hydrogen-bond acceptors (Lipinski definition) is 6. The Morgan fingerprint density at radius 3 is 2.19 bits per heavy atom. The number of aliphatic hydroxyl groups is 4. The predicted molar refractivity (Wildman–Crippen MR) is 135 cm³/mol. The van der Waals surface area contributed by atoms with E-state index >= 15 is 0 Å². The third-order valence-corrected chi connectivity index (χ3v) is 8.02. The van der Waals surface area contributed by atoms with Gasteiger partial charge in [0.1, 0.15) is 36.3 Å². The number of aliphatic hydroxyl groups excluding tert-OH is 4. The molecule has 1 aliphatic heterocycles. The van der Waals surface area contributed by atoms with Crippen LogP contribution in [0.25, 0.3) is 0 Å². The largest absolute Gasteiger partial charge is 0.493 e. The average Bonchev–Trinajstić information content (AvgIpc) is 2.95. The summed E-state index contributed by atoms with van der Waals surface area (Å²) >= 11 is 0. The lowest BCUT2D eigenvalue weighted by atomic mass is 9.72. The first kappa shape index (κ1) is 27.9. The highest BCUT2D eigenvalue weighted by Gasteiger charge is 2.44. The van der Waals surface area contributed by atoms with Gasteiger partial charge in [-0.1, -0.05) is 36.4 Å². The van der Waals surface area contributed by atoms with Gasteiger partial charge >= 0.3 is 0 Å². The van der Waals surface area contributed by atoms with Gasteiger partial charge in [-0.05, 0) is 73.3 Å². The van der Waals surface area contributed by atoms with E-state index < -0.39 is 55.9 Å². The molecule has 0 spiro atoms. The summed E-state index contributed by atoms with van der Waals surface area (Å²) in [5.74, 6) is 1.10. The molecule has 0 bridgehead atoms. The molecule has 5 atom stereocenters. The zero-order chi connectivity index (χ0) is 26.4. The van der Waals surface area contributed by atoms with Gasteiger partial charge in [0.15, 0.2) is 0 Å². The van der Waals surface area contributed by atoms with E-state index in [0.29, 0.717) is 30.9 Å². The second kappa shape index (κ2) is 12.6. The Labute approximate surface area is 216 Å². The molecular weight excluding hydrogens is 482 g/mol. The van der Waals surface area contributed by atoms with Crippen LogP contribution in [0.5, 0.6) is 5.75 Å². The van der Waals surface area contributed by atoms with Crippen molar-refractivity contribution in [3.63, 3.8) is 0 Å². The SMILES string of the molecule is OC[C@H]1O[C@@H](c2cccc(CCc3ccc(OCC4CCC(CF)(CF)CC4)cc3)c2)[C@H](O)[C@@H](O)[C@@H]1O. The van der Waals surface area contributed by atoms with Crippen LogP contribution in [0, 0.1) is 11.3 Å². The van der Waals surface area contributed by atoms with Crippen LogP contribution < -0.4 is 4.74 Å². The number of aryl methyl sites for hydroxylation is 2. The van der Waals surface area contributed by atoms with E-state index in [0.717, 1.165) is 42.6 Å². The number of halogens is 2. The van der Waals surface area contributed by atoms with Crippen LogP contribution in [0.1, 0.15) is 48.5 Å². The van der Waals surface area contributed by atoms with Crippen molar-refractivity contribution in [2.45, 2.75) is 69.0 Å². The molecule has 8 heteroatoms. The molecule has 2 aromatic rings. The molecule has 6 nitrogen and oxygen atoms in total. The molecule has 1 heterocycles. The highest BCUT2D eigenvalue weighted by atomic mass is 19.1. The molecule has 1 aliphatic carbocycles. The van der Waals surface area contributed by atoms with Crippen LogP contribution in [0.15, 0.2) is 48.5 Å². The van der Waals surface area contributed by atoms with Gasteiger partial charge in [-0.3, -0.25) is 8.78 Å². The third-order valence-electron chi connectivity index (χ3n) is 8.02. The molecule has 2 aromatic carbocycles. The minimum absolute atomic E-state index is 0.321. The summed E-state index contributed by atoms with van der Waals surface area (Å²) in [5, 5.41) is 40.0. The van der Waals surface area contributed by atoms with Gasteiger partial charge in [-0.2, -0.15) is 0 Å². The van der Waals surface area contributed by atoms with Crippen LogP contribution in [0.4, 0.5) is 8.78 Å². The molecule has 4 N–H and O–H groups in total. The van der Waals surface area contributed by atoms with Gasteiger partial charge in [0, 0.05) is 5.41 Å². The summed E-state index contributed by atoms with van der Waals surface area (Å²) in [7, 11) is 0. The molecule has 0 amide bonds. The summed E-state index contributed by atoms with van der Waals surface area (Å²) in [6.45, 7) is -1.08. The maximum Gasteiger partial charge on any atom is 0.119 e. The number of rotatable bonds is 10. The monoisotopic (exact) mass is 520 g/mol. The zero-order valence-corrected chi connectivity index (χ0v) is 21.0. The fourth-order valence-corrected chi connectivity index (χ4v) is 5.32. The highest BCUT2D eigenvalue weighted by molar-refractivity contribution is 5.30.